The number of para-hydroxylation sites is 2. The van der Waals surface area contributed by atoms with Gasteiger partial charge in [0.25, 0.3) is 0 Å². The largest absolute Gasteiger partial charge is 0.493 e. The number of aromatic nitrogens is 1. The number of carbonyl (C=O) groups excluding carboxylic acids is 1. The molecule has 4 aromatic rings. The summed E-state index contributed by atoms with van der Waals surface area (Å²) in [5, 5.41) is 4.87. The Morgan fingerprint density at radius 2 is 1.67 bits per heavy atom. The van der Waals surface area contributed by atoms with Crippen molar-refractivity contribution in [3.8, 4) is 5.75 Å². The molecular weight excluding hydrogens is 396 g/mol. The third-order valence-electron chi connectivity index (χ3n) is 5.12. The molecule has 0 aliphatic rings. The molecule has 4 nitrogen and oxygen atoms in total. The van der Waals surface area contributed by atoms with Gasteiger partial charge in [0.2, 0.25) is 5.91 Å². The van der Waals surface area contributed by atoms with Crippen molar-refractivity contribution in [2.45, 2.75) is 12.3 Å². The number of aromatic amines is 1. The van der Waals surface area contributed by atoms with Gasteiger partial charge in [0.05, 0.1) is 13.0 Å². The van der Waals surface area contributed by atoms with Gasteiger partial charge in [-0.05, 0) is 35.4 Å². The van der Waals surface area contributed by atoms with Gasteiger partial charge in [0.1, 0.15) is 5.75 Å². The van der Waals surface area contributed by atoms with Crippen LogP contribution in [0.3, 0.4) is 0 Å². The lowest BCUT2D eigenvalue weighted by molar-refractivity contribution is -0.121. The fourth-order valence-electron chi connectivity index (χ4n) is 3.61. The van der Waals surface area contributed by atoms with E-state index >= 15 is 0 Å². The van der Waals surface area contributed by atoms with E-state index in [2.05, 4.69) is 16.4 Å². The Hall–Kier alpha value is -3.24. The summed E-state index contributed by atoms with van der Waals surface area (Å²) in [6.45, 7) is 0.787. The molecule has 1 amide bonds. The predicted molar refractivity (Wildman–Crippen MR) is 121 cm³/mol. The first-order chi connectivity index (χ1) is 14.7. The smallest absolute Gasteiger partial charge is 0.223 e. The van der Waals surface area contributed by atoms with Gasteiger partial charge in [-0.3, -0.25) is 4.79 Å². The van der Waals surface area contributed by atoms with Crippen LogP contribution in [-0.4, -0.2) is 24.0 Å². The van der Waals surface area contributed by atoms with Crippen molar-refractivity contribution < 1.29 is 9.53 Å². The van der Waals surface area contributed by atoms with Gasteiger partial charge in [-0.2, -0.15) is 0 Å². The Morgan fingerprint density at radius 1 is 0.933 bits per heavy atom. The molecule has 4 rings (SSSR count). The van der Waals surface area contributed by atoms with Crippen LogP contribution in [0, 0.1) is 0 Å². The van der Waals surface area contributed by atoms with Crippen molar-refractivity contribution in [2.75, 3.05) is 13.2 Å². The minimum absolute atomic E-state index is 0.0529. The zero-order valence-electron chi connectivity index (χ0n) is 16.5. The van der Waals surface area contributed by atoms with Gasteiger partial charge in [-0.25, -0.2) is 0 Å². The minimum Gasteiger partial charge on any atom is -0.493 e. The molecule has 0 bridgehead atoms. The molecule has 0 radical (unpaired) electrons. The maximum Gasteiger partial charge on any atom is 0.223 e. The first kappa shape index (κ1) is 20.0. The maximum absolute atomic E-state index is 12.5. The van der Waals surface area contributed by atoms with Gasteiger partial charge in [0, 0.05) is 34.6 Å². The van der Waals surface area contributed by atoms with Crippen LogP contribution in [0.5, 0.6) is 5.75 Å². The predicted octanol–water partition coefficient (Wildman–Crippen LogP) is 5.54. The number of H-pyrrole nitrogens is 1. The van der Waals surface area contributed by atoms with Gasteiger partial charge >= 0.3 is 0 Å². The summed E-state index contributed by atoms with van der Waals surface area (Å²) in [6.07, 6.45) is 2.29. The van der Waals surface area contributed by atoms with Gasteiger partial charge < -0.3 is 15.0 Å². The highest BCUT2D eigenvalue weighted by Gasteiger charge is 2.21. The number of ether oxygens (including phenoxy) is 1. The Bertz CT molecular complexity index is 1120. The first-order valence-electron chi connectivity index (χ1n) is 9.97. The van der Waals surface area contributed by atoms with Crippen LogP contribution in [0.2, 0.25) is 5.02 Å². The topological polar surface area (TPSA) is 54.1 Å². The van der Waals surface area contributed by atoms with E-state index in [4.69, 9.17) is 16.3 Å². The Labute approximate surface area is 180 Å². The molecule has 0 spiro atoms. The van der Waals surface area contributed by atoms with Gasteiger partial charge in [0.15, 0.2) is 0 Å². The van der Waals surface area contributed by atoms with Crippen LogP contribution in [0.4, 0.5) is 0 Å². The quantitative estimate of drug-likeness (QED) is 0.394. The molecule has 0 saturated carbocycles. The Kier molecular flexibility index (Phi) is 6.35. The fraction of sp³-hybridized carbons (Fsp3) is 0.160. The van der Waals surface area contributed by atoms with Crippen molar-refractivity contribution in [2.24, 2.45) is 0 Å². The van der Waals surface area contributed by atoms with Crippen LogP contribution in [0.15, 0.2) is 85.1 Å². The molecule has 0 saturated heterocycles. The van der Waals surface area contributed by atoms with E-state index in [0.717, 1.165) is 27.8 Å². The number of fused-ring (bicyclic) bond motifs is 1. The van der Waals surface area contributed by atoms with E-state index in [1.165, 1.54) is 0 Å². The summed E-state index contributed by atoms with van der Waals surface area (Å²) < 4.78 is 5.63. The number of benzene rings is 3. The van der Waals surface area contributed by atoms with E-state index in [0.29, 0.717) is 18.2 Å². The molecule has 0 aliphatic carbocycles. The summed E-state index contributed by atoms with van der Waals surface area (Å²) in [5.41, 5.74) is 3.16. The third kappa shape index (κ3) is 4.66. The standard InChI is InChI=1S/C25H23ClN2O2/c26-23-12-6-4-10-19(23)21(22-16-27-24-13-7-5-11-20(22)24)17-28-25(29)14-15-30-18-8-2-1-3-9-18/h1-13,16,21,27H,14-15,17H2,(H,28,29)/t21-/m1/s1. The van der Waals surface area contributed by atoms with Crippen LogP contribution in [-0.2, 0) is 4.79 Å². The number of hydrogen-bond acceptors (Lipinski definition) is 2. The summed E-state index contributed by atoms with van der Waals surface area (Å²) in [5.74, 6) is 0.648. The number of amides is 1. The van der Waals surface area contributed by atoms with Crippen LogP contribution < -0.4 is 10.1 Å². The minimum atomic E-state index is -0.0613. The molecule has 0 aliphatic heterocycles. The van der Waals surface area contributed by atoms with Crippen molar-refractivity contribution in [3.63, 3.8) is 0 Å². The van der Waals surface area contributed by atoms with E-state index in [-0.39, 0.29) is 18.2 Å². The normalized spacial score (nSPS) is 11.9. The second-order valence-corrected chi connectivity index (χ2v) is 7.49. The fourth-order valence-corrected chi connectivity index (χ4v) is 3.88. The lowest BCUT2D eigenvalue weighted by atomic mass is 9.90. The number of hydrogen-bond donors (Lipinski definition) is 2. The lowest BCUT2D eigenvalue weighted by Crippen LogP contribution is -2.30. The first-order valence-corrected chi connectivity index (χ1v) is 10.3. The van der Waals surface area contributed by atoms with Crippen molar-refractivity contribution in [1.29, 1.82) is 0 Å². The van der Waals surface area contributed by atoms with E-state index in [1.54, 1.807) is 0 Å². The zero-order valence-corrected chi connectivity index (χ0v) is 17.2. The average Bonchev–Trinajstić information content (AvgIpc) is 3.20. The Balaban J connectivity index is 1.47. The van der Waals surface area contributed by atoms with Gasteiger partial charge in [-0.1, -0.05) is 66.2 Å². The molecule has 3 aromatic carbocycles. The van der Waals surface area contributed by atoms with Crippen molar-refractivity contribution in [1.82, 2.24) is 10.3 Å². The molecule has 2 N–H and O–H groups in total. The van der Waals surface area contributed by atoms with E-state index in [1.807, 2.05) is 79.0 Å². The van der Waals surface area contributed by atoms with Crippen LogP contribution in [0.1, 0.15) is 23.5 Å². The van der Waals surface area contributed by atoms with Crippen LogP contribution >= 0.6 is 11.6 Å². The van der Waals surface area contributed by atoms with Crippen molar-refractivity contribution in [3.05, 3.63) is 101 Å². The highest BCUT2D eigenvalue weighted by atomic mass is 35.5. The van der Waals surface area contributed by atoms with E-state index in [9.17, 15) is 4.79 Å². The SMILES string of the molecule is O=C(CCOc1ccccc1)NC[C@H](c1ccccc1Cl)c1c[nH]c2ccccc12. The molecular formula is C25H23ClN2O2. The summed E-state index contributed by atoms with van der Waals surface area (Å²) >= 11 is 6.51. The molecule has 0 unspecified atom stereocenters. The highest BCUT2D eigenvalue weighted by Crippen LogP contribution is 2.34. The molecule has 5 heteroatoms. The summed E-state index contributed by atoms with van der Waals surface area (Å²) in [4.78, 5) is 15.8. The molecule has 152 valence electrons. The summed E-state index contributed by atoms with van der Waals surface area (Å²) in [6, 6.07) is 25.4. The second-order valence-electron chi connectivity index (χ2n) is 7.08. The molecule has 0 fully saturated rings. The monoisotopic (exact) mass is 418 g/mol. The second kappa shape index (κ2) is 9.51. The Morgan fingerprint density at radius 3 is 2.50 bits per heavy atom. The number of rotatable bonds is 8. The van der Waals surface area contributed by atoms with Gasteiger partial charge in [-0.15, -0.1) is 0 Å². The highest BCUT2D eigenvalue weighted by molar-refractivity contribution is 6.31. The molecule has 1 atom stereocenters. The summed E-state index contributed by atoms with van der Waals surface area (Å²) in [7, 11) is 0. The molecule has 1 aromatic heterocycles. The average molecular weight is 419 g/mol. The lowest BCUT2D eigenvalue weighted by Gasteiger charge is -2.19. The van der Waals surface area contributed by atoms with Crippen LogP contribution in [0.25, 0.3) is 10.9 Å². The molecule has 1 heterocycles. The van der Waals surface area contributed by atoms with E-state index < -0.39 is 0 Å². The number of nitrogens with one attached hydrogen (secondary N) is 2. The molecule has 30 heavy (non-hydrogen) atoms. The van der Waals surface area contributed by atoms with Crippen molar-refractivity contribution >= 4 is 28.4 Å². The maximum atomic E-state index is 12.5. The third-order valence-corrected chi connectivity index (χ3v) is 5.47. The number of halogens is 1. The zero-order chi connectivity index (χ0) is 20.8. The number of carbonyl (C=O) groups is 1.